The normalized spacial score (nSPS) is 11.6. The van der Waals surface area contributed by atoms with E-state index in [0.717, 1.165) is 0 Å². The van der Waals surface area contributed by atoms with Crippen LogP contribution in [0.3, 0.4) is 0 Å². The van der Waals surface area contributed by atoms with E-state index in [1.54, 1.807) is 13.8 Å². The van der Waals surface area contributed by atoms with Gasteiger partial charge in [-0.05, 0) is 13.8 Å². The average Bonchev–Trinajstić information content (AvgIpc) is 2.00. The monoisotopic (exact) mass is 196 g/mol. The van der Waals surface area contributed by atoms with Crippen molar-refractivity contribution in [2.75, 3.05) is 13.2 Å². The van der Waals surface area contributed by atoms with E-state index in [-0.39, 0.29) is 5.95 Å². The first kappa shape index (κ1) is 11.5. The third kappa shape index (κ3) is 6.22. The van der Waals surface area contributed by atoms with Crippen molar-refractivity contribution >= 4 is 8.60 Å². The molecule has 0 rings (SSSR count). The van der Waals surface area contributed by atoms with Crippen LogP contribution in [-0.2, 0) is 14.0 Å². The van der Waals surface area contributed by atoms with Gasteiger partial charge in [0.2, 0.25) is 0 Å². The fraction of sp³-hybridized carbons (Fsp3) is 0.667. The van der Waals surface area contributed by atoms with Crippen LogP contribution in [0.25, 0.3) is 0 Å². The highest BCUT2D eigenvalue weighted by Crippen LogP contribution is 2.28. The first-order valence-corrected chi connectivity index (χ1v) is 4.67. The molecule has 0 saturated carbocycles. The van der Waals surface area contributed by atoms with Gasteiger partial charge in [0.05, 0.1) is 13.2 Å². The van der Waals surface area contributed by atoms with E-state index in [0.29, 0.717) is 13.2 Å². The molecule has 0 aromatic rings. The van der Waals surface area contributed by atoms with E-state index in [4.69, 9.17) is 19.3 Å². The molecule has 0 aliphatic heterocycles. The summed E-state index contributed by atoms with van der Waals surface area (Å²) in [6.45, 7) is 4.39. The standard InChI is InChI=1S/C6H13O5P/c1-3-9-5-6(10-4-2)11-12(7)8/h5,7-8H,3-4H2,1-2H3. The Morgan fingerprint density at radius 2 is 2.00 bits per heavy atom. The maximum Gasteiger partial charge on any atom is 0.394 e. The Hall–Kier alpha value is -0.510. The molecule has 0 aliphatic carbocycles. The summed E-state index contributed by atoms with van der Waals surface area (Å²) >= 11 is 0. The largest absolute Gasteiger partial charge is 0.494 e. The molecule has 6 heteroatoms. The van der Waals surface area contributed by atoms with E-state index < -0.39 is 8.60 Å². The van der Waals surface area contributed by atoms with Gasteiger partial charge in [-0.3, -0.25) is 0 Å². The highest BCUT2D eigenvalue weighted by molar-refractivity contribution is 7.39. The van der Waals surface area contributed by atoms with Gasteiger partial charge in [-0.1, -0.05) is 0 Å². The Morgan fingerprint density at radius 1 is 1.33 bits per heavy atom. The molecule has 0 heterocycles. The molecule has 2 N–H and O–H groups in total. The van der Waals surface area contributed by atoms with Gasteiger partial charge in [-0.15, -0.1) is 0 Å². The molecule has 0 atom stereocenters. The predicted octanol–water partition coefficient (Wildman–Crippen LogP) is 1.09. The van der Waals surface area contributed by atoms with E-state index >= 15 is 0 Å². The van der Waals surface area contributed by atoms with E-state index in [2.05, 4.69) is 4.52 Å². The lowest BCUT2D eigenvalue weighted by atomic mass is 10.8. The van der Waals surface area contributed by atoms with E-state index in [1.807, 2.05) is 0 Å². The van der Waals surface area contributed by atoms with E-state index in [1.165, 1.54) is 6.26 Å². The van der Waals surface area contributed by atoms with Crippen molar-refractivity contribution in [3.05, 3.63) is 12.2 Å². The molecule has 0 bridgehead atoms. The van der Waals surface area contributed by atoms with E-state index in [9.17, 15) is 0 Å². The molecule has 0 aromatic carbocycles. The number of hydrogen-bond donors (Lipinski definition) is 2. The van der Waals surface area contributed by atoms with Gasteiger partial charge in [0.1, 0.15) is 0 Å². The molecule has 0 radical (unpaired) electrons. The zero-order chi connectivity index (χ0) is 9.40. The second-order valence-electron chi connectivity index (χ2n) is 1.67. The molecule has 72 valence electrons. The van der Waals surface area contributed by atoms with Crippen molar-refractivity contribution < 1.29 is 23.8 Å². The molecule has 0 saturated heterocycles. The summed E-state index contributed by atoms with van der Waals surface area (Å²) in [6, 6.07) is 0. The molecular weight excluding hydrogens is 183 g/mol. The molecule has 0 amide bonds. The minimum absolute atomic E-state index is 0.0181. The van der Waals surface area contributed by atoms with Gasteiger partial charge >= 0.3 is 14.5 Å². The Balaban J connectivity index is 3.84. The van der Waals surface area contributed by atoms with Gasteiger partial charge in [0, 0.05) is 0 Å². The quantitative estimate of drug-likeness (QED) is 0.491. The Morgan fingerprint density at radius 3 is 2.42 bits per heavy atom. The maximum atomic E-state index is 8.47. The van der Waals surface area contributed by atoms with Gasteiger partial charge in [0.25, 0.3) is 0 Å². The second kappa shape index (κ2) is 7.16. The Bertz CT molecular complexity index is 136. The number of hydrogen-bond acceptors (Lipinski definition) is 5. The molecule has 5 nitrogen and oxygen atoms in total. The number of rotatable bonds is 6. The zero-order valence-corrected chi connectivity index (χ0v) is 7.95. The molecule has 0 unspecified atom stereocenters. The summed E-state index contributed by atoms with van der Waals surface area (Å²) < 4.78 is 14.2. The molecule has 0 fully saturated rings. The van der Waals surface area contributed by atoms with Crippen LogP contribution < -0.4 is 0 Å². The smallest absolute Gasteiger partial charge is 0.394 e. The van der Waals surface area contributed by atoms with Crippen LogP contribution in [-0.4, -0.2) is 23.0 Å². The number of ether oxygens (including phenoxy) is 2. The van der Waals surface area contributed by atoms with Gasteiger partial charge < -0.3 is 23.8 Å². The van der Waals surface area contributed by atoms with Crippen molar-refractivity contribution in [3.63, 3.8) is 0 Å². The molecule has 12 heavy (non-hydrogen) atoms. The minimum atomic E-state index is -2.44. The first-order valence-electron chi connectivity index (χ1n) is 3.51. The van der Waals surface area contributed by atoms with Crippen LogP contribution in [0.2, 0.25) is 0 Å². The van der Waals surface area contributed by atoms with Crippen LogP contribution in [0.4, 0.5) is 0 Å². The average molecular weight is 196 g/mol. The molecule has 0 aromatic heterocycles. The summed E-state index contributed by atoms with van der Waals surface area (Å²) in [5, 5.41) is 0. The van der Waals surface area contributed by atoms with Crippen LogP contribution in [0.1, 0.15) is 13.8 Å². The van der Waals surface area contributed by atoms with Crippen molar-refractivity contribution in [1.29, 1.82) is 0 Å². The molecule has 0 aliphatic rings. The molecular formula is C6H13O5P. The van der Waals surface area contributed by atoms with Crippen molar-refractivity contribution in [2.45, 2.75) is 13.8 Å². The first-order chi connectivity index (χ1) is 5.70. The van der Waals surface area contributed by atoms with Crippen molar-refractivity contribution in [3.8, 4) is 0 Å². The highest BCUT2D eigenvalue weighted by Gasteiger charge is 2.06. The second-order valence-corrected chi connectivity index (χ2v) is 2.36. The molecule has 0 spiro atoms. The topological polar surface area (TPSA) is 68.2 Å². The third-order valence-electron chi connectivity index (χ3n) is 0.804. The predicted molar refractivity (Wildman–Crippen MR) is 43.8 cm³/mol. The van der Waals surface area contributed by atoms with Gasteiger partial charge in [-0.25, -0.2) is 0 Å². The van der Waals surface area contributed by atoms with Crippen LogP contribution in [0.5, 0.6) is 0 Å². The summed E-state index contributed by atoms with van der Waals surface area (Å²) in [6.07, 6.45) is 1.20. The highest BCUT2D eigenvalue weighted by atomic mass is 31.2. The third-order valence-corrected chi connectivity index (χ3v) is 1.15. The van der Waals surface area contributed by atoms with Crippen molar-refractivity contribution in [1.82, 2.24) is 0 Å². The summed E-state index contributed by atoms with van der Waals surface area (Å²) in [4.78, 5) is 16.9. The maximum absolute atomic E-state index is 8.47. The zero-order valence-electron chi connectivity index (χ0n) is 7.06. The van der Waals surface area contributed by atoms with Crippen LogP contribution in [0, 0.1) is 0 Å². The lowest BCUT2D eigenvalue weighted by Gasteiger charge is -2.09. The van der Waals surface area contributed by atoms with Crippen molar-refractivity contribution in [2.24, 2.45) is 0 Å². The summed E-state index contributed by atoms with van der Waals surface area (Å²) in [5.74, 6) is -0.0181. The lowest BCUT2D eigenvalue weighted by Crippen LogP contribution is -1.95. The summed E-state index contributed by atoms with van der Waals surface area (Å²) in [7, 11) is -2.44. The summed E-state index contributed by atoms with van der Waals surface area (Å²) in [5.41, 5.74) is 0. The SMILES string of the molecule is CCOC=C(OCC)OP(O)O. The fourth-order valence-corrected chi connectivity index (χ4v) is 0.713. The lowest BCUT2D eigenvalue weighted by molar-refractivity contribution is 0.0867. The van der Waals surface area contributed by atoms with Gasteiger partial charge in [-0.2, -0.15) is 0 Å². The Labute approximate surface area is 72.6 Å². The van der Waals surface area contributed by atoms with Crippen LogP contribution in [0.15, 0.2) is 12.2 Å². The van der Waals surface area contributed by atoms with Crippen LogP contribution >= 0.6 is 8.60 Å². The van der Waals surface area contributed by atoms with Gasteiger partial charge in [0.15, 0.2) is 6.26 Å². The fourth-order valence-electron chi connectivity index (χ4n) is 0.456. The Kier molecular flexibility index (Phi) is 6.85. The minimum Gasteiger partial charge on any atom is -0.494 e.